The minimum Gasteiger partial charge on any atom is -0.504 e. The van der Waals surface area contributed by atoms with E-state index in [0.29, 0.717) is 11.3 Å². The summed E-state index contributed by atoms with van der Waals surface area (Å²) in [5, 5.41) is 21.3. The summed E-state index contributed by atoms with van der Waals surface area (Å²) in [6.45, 7) is 0. The van der Waals surface area contributed by atoms with Gasteiger partial charge in [0.1, 0.15) is 11.6 Å². The Kier molecular flexibility index (Phi) is 4.78. The fourth-order valence-electron chi connectivity index (χ4n) is 1.82. The normalized spacial score (nSPS) is 10.6. The van der Waals surface area contributed by atoms with Crippen LogP contribution < -0.4 is 10.1 Å². The summed E-state index contributed by atoms with van der Waals surface area (Å²) in [5.41, 5.74) is 1.14. The summed E-state index contributed by atoms with van der Waals surface area (Å²) >= 11 is 0. The van der Waals surface area contributed by atoms with Gasteiger partial charge in [0.15, 0.2) is 11.5 Å². The number of hydrogen-bond donors (Lipinski definition) is 2. The van der Waals surface area contributed by atoms with Crippen LogP contribution in [0.15, 0.2) is 54.1 Å². The van der Waals surface area contributed by atoms with Gasteiger partial charge in [0.2, 0.25) is 0 Å². The fourth-order valence-corrected chi connectivity index (χ4v) is 1.82. The molecular formula is C17H14N2O3. The van der Waals surface area contributed by atoms with Crippen molar-refractivity contribution in [1.29, 1.82) is 5.26 Å². The minimum atomic E-state index is -0.499. The van der Waals surface area contributed by atoms with Gasteiger partial charge in [-0.25, -0.2) is 0 Å². The number of benzene rings is 2. The standard InChI is InChI=1S/C17H14N2O3/c1-22-16-10-12(7-8-15(16)20)9-13(11-18)17(21)19-14-5-3-2-4-6-14/h2-10,20H,1H3,(H,19,21). The Hall–Kier alpha value is -3.26. The Bertz CT molecular complexity index is 746. The van der Waals surface area contributed by atoms with Gasteiger partial charge in [0.05, 0.1) is 7.11 Å². The van der Waals surface area contributed by atoms with Crippen LogP contribution >= 0.6 is 0 Å². The van der Waals surface area contributed by atoms with Crippen LogP contribution in [0.2, 0.25) is 0 Å². The van der Waals surface area contributed by atoms with E-state index in [1.807, 2.05) is 12.1 Å². The molecule has 0 spiro atoms. The third-order valence-corrected chi connectivity index (χ3v) is 2.91. The third kappa shape index (κ3) is 3.64. The molecule has 0 aromatic heterocycles. The number of carbonyl (C=O) groups is 1. The smallest absolute Gasteiger partial charge is 0.266 e. The number of ether oxygens (including phenoxy) is 1. The topological polar surface area (TPSA) is 82.3 Å². The number of phenols is 1. The number of aromatic hydroxyl groups is 1. The summed E-state index contributed by atoms with van der Waals surface area (Å²) < 4.78 is 4.99. The number of nitrogens with zero attached hydrogens (tertiary/aromatic N) is 1. The molecule has 2 rings (SSSR count). The molecule has 0 heterocycles. The lowest BCUT2D eigenvalue weighted by Crippen LogP contribution is -2.13. The molecule has 0 aliphatic carbocycles. The second-order valence-electron chi connectivity index (χ2n) is 4.42. The molecule has 2 aromatic carbocycles. The van der Waals surface area contributed by atoms with Crippen LogP contribution in [0.1, 0.15) is 5.56 Å². The average Bonchev–Trinajstić information content (AvgIpc) is 2.54. The molecule has 1 amide bonds. The van der Waals surface area contributed by atoms with Crippen LogP contribution in [0.25, 0.3) is 6.08 Å². The number of methoxy groups -OCH3 is 1. The van der Waals surface area contributed by atoms with Crippen molar-refractivity contribution < 1.29 is 14.6 Å². The quantitative estimate of drug-likeness (QED) is 0.671. The number of carbonyl (C=O) groups excluding carboxylic acids is 1. The fraction of sp³-hybridized carbons (Fsp3) is 0.0588. The van der Waals surface area contributed by atoms with Crippen molar-refractivity contribution in [3.05, 3.63) is 59.7 Å². The monoisotopic (exact) mass is 294 g/mol. The van der Waals surface area contributed by atoms with Crippen LogP contribution in [-0.2, 0) is 4.79 Å². The molecule has 5 nitrogen and oxygen atoms in total. The van der Waals surface area contributed by atoms with Crippen molar-refractivity contribution in [2.45, 2.75) is 0 Å². The SMILES string of the molecule is COc1cc(C=C(C#N)C(=O)Nc2ccccc2)ccc1O. The van der Waals surface area contributed by atoms with E-state index < -0.39 is 5.91 Å². The van der Waals surface area contributed by atoms with Gasteiger partial charge >= 0.3 is 0 Å². The van der Waals surface area contributed by atoms with E-state index in [1.165, 1.54) is 19.3 Å². The molecule has 22 heavy (non-hydrogen) atoms. The first-order valence-electron chi connectivity index (χ1n) is 6.49. The summed E-state index contributed by atoms with van der Waals surface area (Å²) in [7, 11) is 1.43. The number of para-hydroxylation sites is 1. The molecule has 0 aliphatic rings. The molecule has 0 unspecified atom stereocenters. The maximum atomic E-state index is 12.1. The van der Waals surface area contributed by atoms with Crippen molar-refractivity contribution in [3.8, 4) is 17.6 Å². The number of anilines is 1. The molecule has 0 atom stereocenters. The van der Waals surface area contributed by atoms with Crippen LogP contribution in [0.5, 0.6) is 11.5 Å². The Morgan fingerprint density at radius 2 is 2.00 bits per heavy atom. The lowest BCUT2D eigenvalue weighted by Gasteiger charge is -2.05. The number of rotatable bonds is 4. The van der Waals surface area contributed by atoms with Crippen molar-refractivity contribution in [2.75, 3.05) is 12.4 Å². The molecule has 0 saturated carbocycles. The zero-order chi connectivity index (χ0) is 15.9. The van der Waals surface area contributed by atoms with Crippen LogP contribution in [0.3, 0.4) is 0 Å². The number of hydrogen-bond acceptors (Lipinski definition) is 4. The van der Waals surface area contributed by atoms with Gasteiger partial charge in [0.25, 0.3) is 5.91 Å². The predicted octanol–water partition coefficient (Wildman–Crippen LogP) is 2.95. The number of amides is 1. The van der Waals surface area contributed by atoms with Gasteiger partial charge in [-0.1, -0.05) is 24.3 Å². The average molecular weight is 294 g/mol. The first-order valence-corrected chi connectivity index (χ1v) is 6.49. The molecule has 2 aromatic rings. The number of nitrogens with one attached hydrogen (secondary N) is 1. The maximum Gasteiger partial charge on any atom is 0.266 e. The summed E-state index contributed by atoms with van der Waals surface area (Å²) in [5.74, 6) is -0.234. The highest BCUT2D eigenvalue weighted by Crippen LogP contribution is 2.27. The van der Waals surface area contributed by atoms with Gasteiger partial charge in [-0.15, -0.1) is 0 Å². The maximum absolute atomic E-state index is 12.1. The van der Waals surface area contributed by atoms with E-state index in [0.717, 1.165) is 0 Å². The van der Waals surface area contributed by atoms with Crippen molar-refractivity contribution >= 4 is 17.7 Å². The van der Waals surface area contributed by atoms with Crippen LogP contribution in [0, 0.1) is 11.3 Å². The van der Waals surface area contributed by atoms with Gasteiger partial charge in [-0.3, -0.25) is 4.79 Å². The van der Waals surface area contributed by atoms with Crippen LogP contribution in [0.4, 0.5) is 5.69 Å². The van der Waals surface area contributed by atoms with E-state index in [1.54, 1.807) is 36.4 Å². The Morgan fingerprint density at radius 3 is 2.64 bits per heavy atom. The zero-order valence-corrected chi connectivity index (χ0v) is 11.9. The number of nitriles is 1. The van der Waals surface area contributed by atoms with E-state index in [2.05, 4.69) is 5.32 Å². The molecule has 0 aliphatic heterocycles. The van der Waals surface area contributed by atoms with E-state index >= 15 is 0 Å². The lowest BCUT2D eigenvalue weighted by atomic mass is 10.1. The van der Waals surface area contributed by atoms with Gasteiger partial charge < -0.3 is 15.2 Å². The molecule has 0 fully saturated rings. The van der Waals surface area contributed by atoms with Gasteiger partial charge in [-0.05, 0) is 35.9 Å². The predicted molar refractivity (Wildman–Crippen MR) is 83.3 cm³/mol. The van der Waals surface area contributed by atoms with E-state index in [-0.39, 0.29) is 17.1 Å². The largest absolute Gasteiger partial charge is 0.504 e. The lowest BCUT2D eigenvalue weighted by molar-refractivity contribution is -0.112. The Morgan fingerprint density at radius 1 is 1.27 bits per heavy atom. The second kappa shape index (κ2) is 6.95. The Balaban J connectivity index is 2.24. The molecule has 0 bridgehead atoms. The molecule has 2 N–H and O–H groups in total. The molecule has 0 saturated heterocycles. The highest BCUT2D eigenvalue weighted by molar-refractivity contribution is 6.09. The second-order valence-corrected chi connectivity index (χ2v) is 4.42. The highest BCUT2D eigenvalue weighted by atomic mass is 16.5. The van der Waals surface area contributed by atoms with Gasteiger partial charge in [-0.2, -0.15) is 5.26 Å². The van der Waals surface area contributed by atoms with E-state index in [4.69, 9.17) is 10.00 Å². The third-order valence-electron chi connectivity index (χ3n) is 2.91. The van der Waals surface area contributed by atoms with Crippen molar-refractivity contribution in [1.82, 2.24) is 0 Å². The minimum absolute atomic E-state index is 0.00750. The summed E-state index contributed by atoms with van der Waals surface area (Å²) in [4.78, 5) is 12.1. The first kappa shape index (κ1) is 15.1. The number of phenolic OH excluding ortho intramolecular Hbond substituents is 1. The highest BCUT2D eigenvalue weighted by Gasteiger charge is 2.10. The molecular weight excluding hydrogens is 280 g/mol. The first-order chi connectivity index (χ1) is 10.6. The zero-order valence-electron chi connectivity index (χ0n) is 11.9. The van der Waals surface area contributed by atoms with Crippen molar-refractivity contribution in [2.24, 2.45) is 0 Å². The summed E-state index contributed by atoms with van der Waals surface area (Å²) in [6, 6.07) is 15.3. The molecule has 110 valence electrons. The Labute approximate surface area is 128 Å². The van der Waals surface area contributed by atoms with Crippen molar-refractivity contribution in [3.63, 3.8) is 0 Å². The molecule has 0 radical (unpaired) electrons. The van der Waals surface area contributed by atoms with Gasteiger partial charge in [0, 0.05) is 5.69 Å². The summed E-state index contributed by atoms with van der Waals surface area (Å²) in [6.07, 6.45) is 1.43. The van der Waals surface area contributed by atoms with E-state index in [9.17, 15) is 9.90 Å². The van der Waals surface area contributed by atoms with Crippen LogP contribution in [-0.4, -0.2) is 18.1 Å². The molecule has 5 heteroatoms.